The Kier molecular flexibility index (Phi) is 3.51. The smallest absolute Gasteiger partial charge is 0.237 e. The van der Waals surface area contributed by atoms with Crippen molar-refractivity contribution in [3.05, 3.63) is 0 Å². The number of rotatable bonds is 4. The Labute approximate surface area is 90.7 Å². The molecule has 0 saturated carbocycles. The zero-order valence-electron chi connectivity index (χ0n) is 9.45. The van der Waals surface area contributed by atoms with Gasteiger partial charge in [0.05, 0.1) is 19.1 Å². The van der Waals surface area contributed by atoms with Gasteiger partial charge in [-0.15, -0.1) is 0 Å². The molecule has 1 atom stereocenters. The Hall–Kier alpha value is -0.883. The molecular weight excluding hydrogens is 212 g/mol. The number of hydrogen-bond acceptors (Lipinski definition) is 3. The highest BCUT2D eigenvalue weighted by atomic mass is 28.4. The van der Waals surface area contributed by atoms with E-state index in [1.165, 1.54) is 4.90 Å². The van der Waals surface area contributed by atoms with Crippen LogP contribution in [0.1, 0.15) is 6.42 Å². The predicted molar refractivity (Wildman–Crippen MR) is 58.6 cm³/mol. The lowest BCUT2D eigenvalue weighted by Crippen LogP contribution is -2.37. The van der Waals surface area contributed by atoms with Crippen LogP contribution in [0.5, 0.6) is 0 Å². The summed E-state index contributed by atoms with van der Waals surface area (Å²) >= 11 is 0. The molecule has 1 saturated heterocycles. The van der Waals surface area contributed by atoms with Gasteiger partial charge in [0.15, 0.2) is 8.32 Å². The van der Waals surface area contributed by atoms with E-state index < -0.39 is 14.2 Å². The normalized spacial score (nSPS) is 22.2. The van der Waals surface area contributed by atoms with Crippen LogP contribution in [0.2, 0.25) is 19.6 Å². The van der Waals surface area contributed by atoms with Crippen molar-refractivity contribution in [1.29, 1.82) is 0 Å². The average molecular weight is 230 g/mol. The summed E-state index contributed by atoms with van der Waals surface area (Å²) in [7, 11) is -1.62. The Morgan fingerprint density at radius 3 is 2.67 bits per heavy atom. The van der Waals surface area contributed by atoms with Crippen molar-refractivity contribution in [2.45, 2.75) is 32.2 Å². The molecule has 0 aromatic carbocycles. The van der Waals surface area contributed by atoms with Gasteiger partial charge in [0.2, 0.25) is 11.8 Å². The highest BCUT2D eigenvalue weighted by Crippen LogP contribution is 2.18. The van der Waals surface area contributed by atoms with Crippen molar-refractivity contribution in [2.24, 2.45) is 5.73 Å². The Balaban J connectivity index is 2.49. The fourth-order valence-corrected chi connectivity index (χ4v) is 2.81. The van der Waals surface area contributed by atoms with Crippen molar-refractivity contribution in [1.82, 2.24) is 4.90 Å². The molecule has 0 aromatic rings. The Bertz CT molecular complexity index is 275. The minimum absolute atomic E-state index is 0.00436. The van der Waals surface area contributed by atoms with Gasteiger partial charge in [0, 0.05) is 6.54 Å². The van der Waals surface area contributed by atoms with E-state index >= 15 is 0 Å². The maximum absolute atomic E-state index is 11.5. The molecule has 86 valence electrons. The number of nitrogens with two attached hydrogens (primary N) is 1. The van der Waals surface area contributed by atoms with Crippen molar-refractivity contribution in [3.63, 3.8) is 0 Å². The third-order valence-corrected chi connectivity index (χ3v) is 3.09. The topological polar surface area (TPSA) is 72.6 Å². The van der Waals surface area contributed by atoms with E-state index in [1.807, 2.05) is 0 Å². The standard InChI is InChI=1S/C9H18N2O3Si/c1-15(2,3)14-7-4-9(13)11(5-7)6-8(10)12/h7H,4-6H2,1-3H3,(H2,10,12). The molecule has 1 rings (SSSR count). The van der Waals surface area contributed by atoms with Gasteiger partial charge in [-0.2, -0.15) is 0 Å². The monoisotopic (exact) mass is 230 g/mol. The van der Waals surface area contributed by atoms with Gasteiger partial charge in [-0.05, 0) is 19.6 Å². The average Bonchev–Trinajstić information content (AvgIpc) is 2.26. The van der Waals surface area contributed by atoms with E-state index in [0.29, 0.717) is 13.0 Å². The molecular formula is C9H18N2O3Si. The molecule has 2 N–H and O–H groups in total. The Morgan fingerprint density at radius 1 is 1.60 bits per heavy atom. The summed E-state index contributed by atoms with van der Waals surface area (Å²) in [5.41, 5.74) is 5.04. The lowest BCUT2D eigenvalue weighted by Gasteiger charge is -2.22. The minimum Gasteiger partial charge on any atom is -0.412 e. The molecule has 0 bridgehead atoms. The molecule has 0 aromatic heterocycles. The first-order valence-electron chi connectivity index (χ1n) is 5.02. The summed E-state index contributed by atoms with van der Waals surface area (Å²) in [5, 5.41) is 0. The third kappa shape index (κ3) is 4.01. The van der Waals surface area contributed by atoms with Crippen LogP contribution in [0.25, 0.3) is 0 Å². The fourth-order valence-electron chi connectivity index (χ4n) is 1.66. The van der Waals surface area contributed by atoms with Gasteiger partial charge in [-0.3, -0.25) is 9.59 Å². The molecule has 0 radical (unpaired) electrons. The summed E-state index contributed by atoms with van der Waals surface area (Å²) in [6.07, 6.45) is 0.306. The quantitative estimate of drug-likeness (QED) is 0.687. The van der Waals surface area contributed by atoms with Gasteiger partial charge in [-0.1, -0.05) is 0 Å². The second-order valence-corrected chi connectivity index (χ2v) is 9.26. The number of nitrogens with zero attached hydrogens (tertiary/aromatic N) is 1. The molecule has 1 fully saturated rings. The third-order valence-electron chi connectivity index (χ3n) is 2.05. The summed E-state index contributed by atoms with van der Waals surface area (Å²) in [6, 6.07) is 0. The van der Waals surface area contributed by atoms with Crippen LogP contribution < -0.4 is 5.73 Å². The van der Waals surface area contributed by atoms with Crippen LogP contribution in [-0.2, 0) is 14.0 Å². The van der Waals surface area contributed by atoms with Gasteiger partial charge in [0.1, 0.15) is 0 Å². The van der Waals surface area contributed by atoms with Crippen LogP contribution in [0.4, 0.5) is 0 Å². The highest BCUT2D eigenvalue weighted by Gasteiger charge is 2.33. The van der Waals surface area contributed by atoms with Crippen LogP contribution >= 0.6 is 0 Å². The van der Waals surface area contributed by atoms with E-state index in [-0.39, 0.29) is 18.6 Å². The van der Waals surface area contributed by atoms with E-state index in [1.54, 1.807) is 0 Å². The molecule has 2 amide bonds. The van der Waals surface area contributed by atoms with Crippen molar-refractivity contribution in [2.75, 3.05) is 13.1 Å². The number of carbonyl (C=O) groups is 2. The fraction of sp³-hybridized carbons (Fsp3) is 0.778. The zero-order chi connectivity index (χ0) is 11.6. The number of carbonyl (C=O) groups excluding carboxylic acids is 2. The minimum atomic E-state index is -1.62. The number of hydrogen-bond donors (Lipinski definition) is 1. The van der Waals surface area contributed by atoms with Crippen LogP contribution in [0, 0.1) is 0 Å². The first-order chi connectivity index (χ1) is 6.78. The molecule has 1 aliphatic rings. The number of amides is 2. The summed E-state index contributed by atoms with van der Waals surface area (Å²) in [6.45, 7) is 6.73. The predicted octanol–water partition coefficient (Wildman–Crippen LogP) is -0.0759. The summed E-state index contributed by atoms with van der Waals surface area (Å²) < 4.78 is 5.81. The van der Waals surface area contributed by atoms with Crippen LogP contribution in [-0.4, -0.2) is 44.2 Å². The van der Waals surface area contributed by atoms with E-state index in [2.05, 4.69) is 19.6 Å². The lowest BCUT2D eigenvalue weighted by atomic mass is 10.3. The van der Waals surface area contributed by atoms with Crippen LogP contribution in [0.3, 0.4) is 0 Å². The number of primary amides is 1. The molecule has 1 heterocycles. The molecule has 1 aliphatic heterocycles. The van der Waals surface area contributed by atoms with Gasteiger partial charge >= 0.3 is 0 Å². The van der Waals surface area contributed by atoms with Crippen molar-refractivity contribution < 1.29 is 14.0 Å². The second-order valence-electron chi connectivity index (χ2n) is 4.80. The van der Waals surface area contributed by atoms with E-state index in [9.17, 15) is 9.59 Å². The lowest BCUT2D eigenvalue weighted by molar-refractivity contribution is -0.132. The number of likely N-dealkylation sites (tertiary alicyclic amines) is 1. The largest absolute Gasteiger partial charge is 0.412 e. The van der Waals surface area contributed by atoms with Crippen molar-refractivity contribution >= 4 is 20.1 Å². The molecule has 0 spiro atoms. The Morgan fingerprint density at radius 2 is 2.20 bits per heavy atom. The van der Waals surface area contributed by atoms with Crippen LogP contribution in [0.15, 0.2) is 0 Å². The van der Waals surface area contributed by atoms with E-state index in [4.69, 9.17) is 10.2 Å². The summed E-state index contributed by atoms with van der Waals surface area (Å²) in [4.78, 5) is 23.6. The van der Waals surface area contributed by atoms with Gasteiger partial charge < -0.3 is 15.1 Å². The molecule has 6 heteroatoms. The zero-order valence-corrected chi connectivity index (χ0v) is 10.4. The van der Waals surface area contributed by atoms with Gasteiger partial charge in [-0.25, -0.2) is 0 Å². The molecule has 5 nitrogen and oxygen atoms in total. The highest BCUT2D eigenvalue weighted by molar-refractivity contribution is 6.69. The van der Waals surface area contributed by atoms with E-state index in [0.717, 1.165) is 0 Å². The first kappa shape index (κ1) is 12.2. The summed E-state index contributed by atoms with van der Waals surface area (Å²) in [5.74, 6) is -0.519. The molecule has 1 unspecified atom stereocenters. The van der Waals surface area contributed by atoms with Gasteiger partial charge in [0.25, 0.3) is 0 Å². The maximum Gasteiger partial charge on any atom is 0.237 e. The first-order valence-corrected chi connectivity index (χ1v) is 8.42. The SMILES string of the molecule is C[Si](C)(C)OC1CC(=O)N(CC(N)=O)C1. The molecule has 15 heavy (non-hydrogen) atoms. The van der Waals surface area contributed by atoms with Crippen molar-refractivity contribution in [3.8, 4) is 0 Å². The second kappa shape index (κ2) is 4.32. The molecule has 0 aliphatic carbocycles. The maximum atomic E-state index is 11.5.